The van der Waals surface area contributed by atoms with Gasteiger partial charge in [0.1, 0.15) is 0 Å². The quantitative estimate of drug-likeness (QED) is 0.123. The molecular weight excluding hydrogens is 1440 g/mol. The lowest BCUT2D eigenvalue weighted by atomic mass is 9.67. The Kier molecular flexibility index (Phi) is 15.9. The van der Waals surface area contributed by atoms with Gasteiger partial charge in [-0.1, -0.05) is 273 Å². The van der Waals surface area contributed by atoms with E-state index in [9.17, 15) is 0 Å². The summed E-state index contributed by atoms with van der Waals surface area (Å²) in [5, 5.41) is 11.0. The number of para-hydroxylation sites is 2. The Labute approximate surface area is 679 Å². The summed E-state index contributed by atoms with van der Waals surface area (Å²) < 4.78 is 0. The lowest BCUT2D eigenvalue weighted by Crippen LogP contribution is -2.28. The number of nitrogens with zero attached hydrogens (tertiary/aromatic N) is 9. The SMILES string of the molecule is c1ccc(C2(c3ccccc3)c3ccccc3-c3cc4c(-c5cccc(-c6ccc(-c7cc8cccnc8c8ncccc78)nc6)c5)nc5ccccc5c4cc32)cc1.c1ccc(C2(c3ccccc3)c3ccccc3-c3cc4c(-c5cccc(-c6ncc(-c7cc8cccnc8c8ncccc78)cn6)c5)nc5ccccc5c4cc32)cc1. The Balaban J connectivity index is 0.000000138. The van der Waals surface area contributed by atoms with Gasteiger partial charge in [0, 0.05) is 120 Å². The average molecular weight is 1500 g/mol. The predicted molar refractivity (Wildman–Crippen MR) is 480 cm³/mol. The molecular formula is C109H67N9. The molecule has 8 heterocycles. The number of rotatable bonds is 10. The number of hydrogen-bond acceptors (Lipinski definition) is 9. The maximum atomic E-state index is 5.42. The first-order valence-electron chi connectivity index (χ1n) is 39.9. The summed E-state index contributed by atoms with van der Waals surface area (Å²) in [5.41, 5.74) is 30.5. The van der Waals surface area contributed by atoms with E-state index in [1.165, 1.54) is 77.5 Å². The maximum absolute atomic E-state index is 5.42. The van der Waals surface area contributed by atoms with Gasteiger partial charge in [0.25, 0.3) is 0 Å². The van der Waals surface area contributed by atoms with Crippen LogP contribution in [0.25, 0.3) is 177 Å². The number of benzene rings is 14. The molecule has 0 N–H and O–H groups in total. The molecule has 9 heteroatoms. The molecule has 0 spiro atoms. The van der Waals surface area contributed by atoms with Crippen molar-refractivity contribution < 1.29 is 0 Å². The Morgan fingerprint density at radius 2 is 0.593 bits per heavy atom. The van der Waals surface area contributed by atoms with Gasteiger partial charge in [-0.3, -0.25) is 24.9 Å². The van der Waals surface area contributed by atoms with Gasteiger partial charge in [0.15, 0.2) is 5.82 Å². The minimum Gasteiger partial charge on any atom is -0.256 e. The summed E-state index contributed by atoms with van der Waals surface area (Å²) in [6, 6.07) is 131. The number of fused-ring (bicyclic) bond motifs is 18. The number of pyridine rings is 7. The van der Waals surface area contributed by atoms with E-state index in [1.54, 1.807) is 0 Å². The largest absolute Gasteiger partial charge is 0.256 e. The molecule has 0 saturated carbocycles. The highest BCUT2D eigenvalue weighted by molar-refractivity contribution is 6.17. The first-order valence-corrected chi connectivity index (χ1v) is 39.9. The second-order valence-corrected chi connectivity index (χ2v) is 30.6. The molecule has 548 valence electrons. The van der Waals surface area contributed by atoms with Crippen LogP contribution in [0.2, 0.25) is 0 Å². The average Bonchev–Trinajstić information content (AvgIpc) is 1.53. The van der Waals surface area contributed by atoms with Gasteiger partial charge < -0.3 is 0 Å². The van der Waals surface area contributed by atoms with E-state index in [-0.39, 0.29) is 0 Å². The van der Waals surface area contributed by atoms with Crippen molar-refractivity contribution in [1.82, 2.24) is 44.9 Å². The van der Waals surface area contributed by atoms with E-state index >= 15 is 0 Å². The fourth-order valence-electron chi connectivity index (χ4n) is 19.2. The highest BCUT2D eigenvalue weighted by Gasteiger charge is 2.48. The first-order chi connectivity index (χ1) is 58.5. The molecule has 0 fully saturated rings. The molecule has 9 nitrogen and oxygen atoms in total. The standard InChI is InChI=1S/C55H34N4.C54H33N5/c1-3-17-39(18-4-1)55(40-19-5-2-6-20-40)48-24-9-7-21-41(48)45-32-47-44(33-49(45)55)42-22-8-10-25-51(42)59-52(47)36-15-11-14-35(30-36)38-26-27-50(58-34-38)46-31-37-16-12-28-56-53(37)54-43(46)23-13-29-57-54;1-3-17-38(18-4-1)54(39-19-5-2-6-20-39)47-24-9-7-21-40(47)45-30-46-44(31-48(45)54)41-22-8-10-25-49(41)59-50(46)34-14-11-15-36(28-34)53-57-32-37(33-58-53)43-29-35-16-12-26-55-51(35)52-42(43)23-13-27-56-52/h1-34H;1-33H. The molecule has 0 bridgehead atoms. The van der Waals surface area contributed by atoms with Gasteiger partial charge in [-0.25, -0.2) is 19.9 Å². The fraction of sp³-hybridized carbons (Fsp3) is 0.0183. The van der Waals surface area contributed by atoms with E-state index in [0.717, 1.165) is 138 Å². The van der Waals surface area contributed by atoms with E-state index < -0.39 is 10.8 Å². The third kappa shape index (κ3) is 10.7. The Bertz CT molecular complexity index is 7250. The summed E-state index contributed by atoms with van der Waals surface area (Å²) >= 11 is 0. The number of hydrogen-bond donors (Lipinski definition) is 0. The summed E-state index contributed by atoms with van der Waals surface area (Å²) in [5.74, 6) is 0.649. The molecule has 14 aromatic carbocycles. The van der Waals surface area contributed by atoms with Crippen LogP contribution in [0.1, 0.15) is 44.5 Å². The molecule has 0 amide bonds. The maximum Gasteiger partial charge on any atom is 0.159 e. The van der Waals surface area contributed by atoms with Crippen LogP contribution in [0.15, 0.2) is 407 Å². The van der Waals surface area contributed by atoms with Crippen molar-refractivity contribution in [1.29, 1.82) is 0 Å². The molecule has 0 atom stereocenters. The molecule has 0 unspecified atom stereocenters. The van der Waals surface area contributed by atoms with Crippen molar-refractivity contribution in [3.63, 3.8) is 0 Å². The first kappa shape index (κ1) is 67.9. The van der Waals surface area contributed by atoms with E-state index in [2.05, 4.69) is 350 Å². The van der Waals surface area contributed by atoms with Crippen LogP contribution in [0.3, 0.4) is 0 Å². The minimum absolute atomic E-state index is 0.487. The lowest BCUT2D eigenvalue weighted by molar-refractivity contribution is 0.769. The lowest BCUT2D eigenvalue weighted by Gasteiger charge is -2.34. The van der Waals surface area contributed by atoms with Crippen LogP contribution in [-0.4, -0.2) is 44.9 Å². The van der Waals surface area contributed by atoms with Gasteiger partial charge in [0.2, 0.25) is 0 Å². The molecule has 8 aromatic heterocycles. The highest BCUT2D eigenvalue weighted by atomic mass is 14.9. The highest BCUT2D eigenvalue weighted by Crippen LogP contribution is 2.60. The van der Waals surface area contributed by atoms with Crippen LogP contribution in [0, 0.1) is 0 Å². The Morgan fingerprint density at radius 1 is 0.195 bits per heavy atom. The predicted octanol–water partition coefficient (Wildman–Crippen LogP) is 25.9. The molecule has 0 saturated heterocycles. The third-order valence-electron chi connectivity index (χ3n) is 24.3. The molecule has 22 aromatic rings. The Hall–Kier alpha value is -15.7. The molecule has 0 aliphatic heterocycles. The summed E-state index contributed by atoms with van der Waals surface area (Å²) in [6.45, 7) is 0. The van der Waals surface area contributed by atoms with Crippen molar-refractivity contribution >= 4 is 87.0 Å². The van der Waals surface area contributed by atoms with Crippen molar-refractivity contribution in [2.75, 3.05) is 0 Å². The minimum atomic E-state index is -0.497. The van der Waals surface area contributed by atoms with Gasteiger partial charge in [-0.15, -0.1) is 0 Å². The van der Waals surface area contributed by atoms with Gasteiger partial charge >= 0.3 is 0 Å². The molecule has 2 aliphatic carbocycles. The van der Waals surface area contributed by atoms with E-state index in [4.69, 9.17) is 34.9 Å². The van der Waals surface area contributed by atoms with Crippen LogP contribution in [0.4, 0.5) is 0 Å². The van der Waals surface area contributed by atoms with Crippen molar-refractivity contribution in [2.24, 2.45) is 0 Å². The van der Waals surface area contributed by atoms with Crippen molar-refractivity contribution in [2.45, 2.75) is 10.8 Å². The molecule has 0 radical (unpaired) electrons. The normalized spacial score (nSPS) is 12.9. The molecule has 118 heavy (non-hydrogen) atoms. The Morgan fingerprint density at radius 3 is 1.08 bits per heavy atom. The summed E-state index contributed by atoms with van der Waals surface area (Å²) in [6.07, 6.45) is 13.1. The van der Waals surface area contributed by atoms with Crippen LogP contribution >= 0.6 is 0 Å². The smallest absolute Gasteiger partial charge is 0.159 e. The summed E-state index contributed by atoms with van der Waals surface area (Å²) in [7, 11) is 0. The topological polar surface area (TPSA) is 116 Å². The molecule has 2 aliphatic rings. The van der Waals surface area contributed by atoms with Crippen LogP contribution in [-0.2, 0) is 10.8 Å². The fourth-order valence-corrected chi connectivity index (χ4v) is 19.2. The van der Waals surface area contributed by atoms with Crippen LogP contribution < -0.4 is 0 Å². The van der Waals surface area contributed by atoms with Gasteiger partial charge in [-0.05, 0) is 180 Å². The zero-order valence-electron chi connectivity index (χ0n) is 63.7. The van der Waals surface area contributed by atoms with E-state index in [0.29, 0.717) is 5.82 Å². The molecule has 24 rings (SSSR count). The van der Waals surface area contributed by atoms with Crippen LogP contribution in [0.5, 0.6) is 0 Å². The summed E-state index contributed by atoms with van der Waals surface area (Å²) in [4.78, 5) is 44.4. The zero-order valence-corrected chi connectivity index (χ0v) is 63.7. The van der Waals surface area contributed by atoms with Gasteiger partial charge in [0.05, 0.1) is 61.0 Å². The number of aromatic nitrogens is 9. The van der Waals surface area contributed by atoms with Crippen molar-refractivity contribution in [3.8, 4) is 89.7 Å². The monoisotopic (exact) mass is 1500 g/mol. The van der Waals surface area contributed by atoms with Gasteiger partial charge in [-0.2, -0.15) is 0 Å². The third-order valence-corrected chi connectivity index (χ3v) is 24.3. The second kappa shape index (κ2) is 27.6. The van der Waals surface area contributed by atoms with E-state index in [1.807, 2.05) is 67.6 Å². The zero-order chi connectivity index (χ0) is 77.8. The second-order valence-electron chi connectivity index (χ2n) is 30.6. The van der Waals surface area contributed by atoms with Crippen molar-refractivity contribution in [3.05, 3.63) is 452 Å².